The van der Waals surface area contributed by atoms with Gasteiger partial charge in [0.25, 0.3) is 0 Å². The van der Waals surface area contributed by atoms with E-state index in [1.807, 2.05) is 11.8 Å². The summed E-state index contributed by atoms with van der Waals surface area (Å²) in [5.41, 5.74) is 0.705. The van der Waals surface area contributed by atoms with Crippen LogP contribution in [0.15, 0.2) is 18.2 Å². The average molecular weight is 246 g/mol. The Balaban J connectivity index is 2.07. The van der Waals surface area contributed by atoms with Crippen molar-refractivity contribution in [1.82, 2.24) is 0 Å². The predicted octanol–water partition coefficient (Wildman–Crippen LogP) is 3.79. The zero-order chi connectivity index (χ0) is 10.8. The van der Waals surface area contributed by atoms with Crippen LogP contribution in [0.3, 0.4) is 0 Å². The summed E-state index contributed by atoms with van der Waals surface area (Å²) < 4.78 is 13.0. The van der Waals surface area contributed by atoms with Crippen LogP contribution >= 0.6 is 23.4 Å². The summed E-state index contributed by atoms with van der Waals surface area (Å²) in [5, 5.41) is 4.55. The summed E-state index contributed by atoms with van der Waals surface area (Å²) in [6.07, 6.45) is 1.11. The molecule has 2 atom stereocenters. The van der Waals surface area contributed by atoms with E-state index in [0.717, 1.165) is 12.2 Å². The zero-order valence-electron chi connectivity index (χ0n) is 8.47. The highest BCUT2D eigenvalue weighted by Crippen LogP contribution is 2.30. The van der Waals surface area contributed by atoms with Gasteiger partial charge in [0.15, 0.2) is 0 Å². The SMILES string of the molecule is CC1CC(Nc2cc(F)ccc2Cl)CS1. The Bertz CT molecular complexity index is 358. The van der Waals surface area contributed by atoms with Crippen molar-refractivity contribution in [2.45, 2.75) is 24.6 Å². The molecule has 1 aromatic carbocycles. The molecule has 4 heteroatoms. The normalized spacial score (nSPS) is 25.5. The van der Waals surface area contributed by atoms with Crippen LogP contribution in [-0.4, -0.2) is 17.0 Å². The van der Waals surface area contributed by atoms with Gasteiger partial charge in [-0.25, -0.2) is 4.39 Å². The standard InChI is InChI=1S/C11H13ClFNS/c1-7-4-9(6-15-7)14-11-5-8(13)2-3-10(11)12/h2-3,5,7,9,14H,4,6H2,1H3. The molecule has 0 aromatic heterocycles. The van der Waals surface area contributed by atoms with Crippen molar-refractivity contribution in [1.29, 1.82) is 0 Å². The fourth-order valence-electron chi connectivity index (χ4n) is 1.75. The number of halogens is 2. The van der Waals surface area contributed by atoms with Crippen molar-refractivity contribution < 1.29 is 4.39 Å². The van der Waals surface area contributed by atoms with Crippen molar-refractivity contribution in [3.8, 4) is 0 Å². The first kappa shape index (κ1) is 11.1. The Morgan fingerprint density at radius 1 is 1.53 bits per heavy atom. The molecule has 0 amide bonds. The maximum Gasteiger partial charge on any atom is 0.125 e. The van der Waals surface area contributed by atoms with Crippen LogP contribution in [0, 0.1) is 5.82 Å². The van der Waals surface area contributed by atoms with Gasteiger partial charge in [0.1, 0.15) is 5.82 Å². The van der Waals surface area contributed by atoms with Crippen LogP contribution in [-0.2, 0) is 0 Å². The fraction of sp³-hybridized carbons (Fsp3) is 0.455. The van der Waals surface area contributed by atoms with Crippen molar-refractivity contribution in [2.24, 2.45) is 0 Å². The molecular formula is C11H13ClFNS. The van der Waals surface area contributed by atoms with Crippen molar-refractivity contribution >= 4 is 29.1 Å². The number of rotatable bonds is 2. The van der Waals surface area contributed by atoms with E-state index in [9.17, 15) is 4.39 Å². The lowest BCUT2D eigenvalue weighted by atomic mass is 10.2. The first-order valence-corrected chi connectivity index (χ1v) is 6.41. The topological polar surface area (TPSA) is 12.0 Å². The minimum Gasteiger partial charge on any atom is -0.380 e. The molecule has 1 fully saturated rings. The van der Waals surface area contributed by atoms with Crippen LogP contribution in [0.4, 0.5) is 10.1 Å². The Labute approximate surface area is 98.4 Å². The van der Waals surface area contributed by atoms with Crippen molar-refractivity contribution in [3.05, 3.63) is 29.0 Å². The highest BCUT2D eigenvalue weighted by atomic mass is 35.5. The van der Waals surface area contributed by atoms with Crippen LogP contribution in [0.1, 0.15) is 13.3 Å². The van der Waals surface area contributed by atoms with Gasteiger partial charge in [-0.3, -0.25) is 0 Å². The van der Waals surface area contributed by atoms with Crippen molar-refractivity contribution in [3.63, 3.8) is 0 Å². The van der Waals surface area contributed by atoms with Gasteiger partial charge in [0.2, 0.25) is 0 Å². The molecule has 1 nitrogen and oxygen atoms in total. The van der Waals surface area contributed by atoms with Crippen LogP contribution in [0.2, 0.25) is 5.02 Å². The van der Waals surface area contributed by atoms with E-state index in [1.165, 1.54) is 12.1 Å². The number of nitrogens with one attached hydrogen (secondary N) is 1. The van der Waals surface area contributed by atoms with Gasteiger partial charge in [-0.1, -0.05) is 18.5 Å². The maximum atomic E-state index is 13.0. The zero-order valence-corrected chi connectivity index (χ0v) is 10.0. The molecule has 1 saturated heterocycles. The summed E-state index contributed by atoms with van der Waals surface area (Å²) >= 11 is 7.91. The molecule has 1 heterocycles. The molecular weight excluding hydrogens is 233 g/mol. The van der Waals surface area contributed by atoms with Gasteiger partial charge < -0.3 is 5.32 Å². The quantitative estimate of drug-likeness (QED) is 0.851. The number of benzene rings is 1. The summed E-state index contributed by atoms with van der Waals surface area (Å²) in [5.74, 6) is 0.814. The average Bonchev–Trinajstić information content (AvgIpc) is 2.58. The minimum absolute atomic E-state index is 0.249. The largest absolute Gasteiger partial charge is 0.380 e. The minimum atomic E-state index is -0.249. The van der Waals surface area contributed by atoms with Crippen LogP contribution in [0.5, 0.6) is 0 Å². The lowest BCUT2D eigenvalue weighted by Crippen LogP contribution is -2.19. The van der Waals surface area contributed by atoms with Gasteiger partial charge in [-0.15, -0.1) is 0 Å². The summed E-state index contributed by atoms with van der Waals surface area (Å²) in [6, 6.07) is 4.82. The summed E-state index contributed by atoms with van der Waals surface area (Å²) in [6.45, 7) is 2.21. The van der Waals surface area contributed by atoms with Gasteiger partial charge in [0, 0.05) is 17.0 Å². The Kier molecular flexibility index (Phi) is 3.42. The number of hydrogen-bond donors (Lipinski definition) is 1. The van der Waals surface area contributed by atoms with E-state index in [1.54, 1.807) is 6.07 Å². The molecule has 1 aromatic rings. The number of thioether (sulfide) groups is 1. The summed E-state index contributed by atoms with van der Waals surface area (Å²) in [7, 11) is 0. The molecule has 0 radical (unpaired) electrons. The molecule has 1 N–H and O–H groups in total. The lowest BCUT2D eigenvalue weighted by molar-refractivity contribution is 0.627. The third kappa shape index (κ3) is 2.79. The van der Waals surface area contributed by atoms with E-state index in [2.05, 4.69) is 12.2 Å². The molecule has 2 unspecified atom stereocenters. The van der Waals surface area contributed by atoms with Crippen LogP contribution < -0.4 is 5.32 Å². The van der Waals surface area contributed by atoms with Gasteiger partial charge in [0.05, 0.1) is 10.7 Å². The Hall–Kier alpha value is -0.410. The highest BCUT2D eigenvalue weighted by molar-refractivity contribution is 8.00. The maximum absolute atomic E-state index is 13.0. The first-order valence-electron chi connectivity index (χ1n) is 4.98. The second-order valence-electron chi connectivity index (χ2n) is 3.85. The summed E-state index contributed by atoms with van der Waals surface area (Å²) in [4.78, 5) is 0. The third-order valence-corrected chi connectivity index (χ3v) is 4.17. The van der Waals surface area contributed by atoms with E-state index in [4.69, 9.17) is 11.6 Å². The van der Waals surface area contributed by atoms with Gasteiger partial charge in [-0.05, 0) is 24.6 Å². The fourth-order valence-corrected chi connectivity index (χ4v) is 3.07. The Morgan fingerprint density at radius 3 is 3.00 bits per heavy atom. The van der Waals surface area contributed by atoms with Crippen LogP contribution in [0.25, 0.3) is 0 Å². The van der Waals surface area contributed by atoms with E-state index >= 15 is 0 Å². The molecule has 82 valence electrons. The van der Waals surface area contributed by atoms with Gasteiger partial charge >= 0.3 is 0 Å². The second kappa shape index (κ2) is 4.62. The molecule has 0 bridgehead atoms. The molecule has 1 aliphatic heterocycles. The molecule has 2 rings (SSSR count). The molecule has 15 heavy (non-hydrogen) atoms. The predicted molar refractivity (Wildman–Crippen MR) is 65.4 cm³/mol. The Morgan fingerprint density at radius 2 is 2.33 bits per heavy atom. The van der Waals surface area contributed by atoms with Gasteiger partial charge in [-0.2, -0.15) is 11.8 Å². The highest BCUT2D eigenvalue weighted by Gasteiger charge is 2.22. The van der Waals surface area contributed by atoms with Crippen molar-refractivity contribution in [2.75, 3.05) is 11.1 Å². The first-order chi connectivity index (χ1) is 7.15. The van der Waals surface area contributed by atoms with E-state index in [0.29, 0.717) is 22.0 Å². The van der Waals surface area contributed by atoms with E-state index < -0.39 is 0 Å². The van der Waals surface area contributed by atoms with E-state index in [-0.39, 0.29) is 5.82 Å². The molecule has 0 aliphatic carbocycles. The smallest absolute Gasteiger partial charge is 0.125 e. The monoisotopic (exact) mass is 245 g/mol. The second-order valence-corrected chi connectivity index (χ2v) is 5.72. The third-order valence-electron chi connectivity index (χ3n) is 2.49. The number of hydrogen-bond acceptors (Lipinski definition) is 2. The lowest BCUT2D eigenvalue weighted by Gasteiger charge is -2.14. The molecule has 0 spiro atoms. The molecule has 0 saturated carbocycles. The molecule has 1 aliphatic rings. The number of anilines is 1.